The van der Waals surface area contributed by atoms with Crippen LogP contribution < -0.4 is 4.74 Å². The van der Waals surface area contributed by atoms with E-state index < -0.39 is 0 Å². The van der Waals surface area contributed by atoms with Crippen LogP contribution in [0.4, 0.5) is 4.39 Å². The Morgan fingerprint density at radius 3 is 2.75 bits per heavy atom. The van der Waals surface area contributed by atoms with Crippen LogP contribution in [0.15, 0.2) is 36.4 Å². The van der Waals surface area contributed by atoms with Crippen molar-refractivity contribution in [3.63, 3.8) is 0 Å². The summed E-state index contributed by atoms with van der Waals surface area (Å²) in [5.41, 5.74) is 5.58. The normalized spacial score (nSPS) is 17.8. The summed E-state index contributed by atoms with van der Waals surface area (Å²) < 4.78 is 21.5. The lowest BCUT2D eigenvalue weighted by atomic mass is 9.99. The van der Waals surface area contributed by atoms with Crippen LogP contribution in [0.25, 0.3) is 22.7 Å². The zero-order chi connectivity index (χ0) is 20.0. The first-order valence-electron chi connectivity index (χ1n) is 9.45. The van der Waals surface area contributed by atoms with E-state index in [0.29, 0.717) is 0 Å². The summed E-state index contributed by atoms with van der Waals surface area (Å²) in [7, 11) is 3.63. The van der Waals surface area contributed by atoms with Crippen LogP contribution in [-0.4, -0.2) is 30.2 Å². The monoisotopic (exact) mass is 398 g/mol. The van der Waals surface area contributed by atoms with E-state index in [1.54, 1.807) is 6.07 Å². The van der Waals surface area contributed by atoms with Crippen molar-refractivity contribution in [2.24, 2.45) is 0 Å². The molecule has 0 N–H and O–H groups in total. The van der Waals surface area contributed by atoms with Gasteiger partial charge < -0.3 is 9.30 Å². The summed E-state index contributed by atoms with van der Waals surface area (Å²) in [5.74, 6) is -0.0998. The number of allylic oxidation sites excluding steroid dienone is 1. The largest absolute Gasteiger partial charge is 0.494 e. The molecule has 146 valence electrons. The quantitative estimate of drug-likeness (QED) is 0.537. The number of benzene rings is 2. The Kier molecular flexibility index (Phi) is 4.94. The Morgan fingerprint density at radius 2 is 2.04 bits per heavy atom. The van der Waals surface area contributed by atoms with E-state index in [-0.39, 0.29) is 17.6 Å². The van der Waals surface area contributed by atoms with E-state index in [1.165, 1.54) is 29.8 Å². The lowest BCUT2D eigenvalue weighted by Crippen LogP contribution is -2.31. The predicted octanol–water partition coefficient (Wildman–Crippen LogP) is 6.01. The molecule has 3 aromatic rings. The molecule has 0 fully saturated rings. The fourth-order valence-corrected chi connectivity index (χ4v) is 4.27. The van der Waals surface area contributed by atoms with Crippen molar-refractivity contribution in [1.29, 1.82) is 0 Å². The van der Waals surface area contributed by atoms with Crippen molar-refractivity contribution in [2.45, 2.75) is 26.3 Å². The van der Waals surface area contributed by atoms with Crippen LogP contribution >= 0.6 is 11.6 Å². The highest BCUT2D eigenvalue weighted by Crippen LogP contribution is 2.38. The fourth-order valence-electron chi connectivity index (χ4n) is 4.10. The van der Waals surface area contributed by atoms with Gasteiger partial charge in [-0.15, -0.1) is 0 Å². The molecular weight excluding hydrogens is 375 g/mol. The van der Waals surface area contributed by atoms with Gasteiger partial charge in [0, 0.05) is 34.9 Å². The minimum Gasteiger partial charge on any atom is -0.494 e. The first-order valence-corrected chi connectivity index (χ1v) is 9.83. The first kappa shape index (κ1) is 19.0. The zero-order valence-corrected chi connectivity index (χ0v) is 17.3. The maximum absolute atomic E-state index is 14.2. The summed E-state index contributed by atoms with van der Waals surface area (Å²) in [4.78, 5) is 2.36. The average molecular weight is 399 g/mol. The zero-order valence-electron chi connectivity index (χ0n) is 16.6. The molecule has 0 amide bonds. The molecule has 1 unspecified atom stereocenters. The second kappa shape index (κ2) is 7.26. The van der Waals surface area contributed by atoms with E-state index >= 15 is 0 Å². The van der Waals surface area contributed by atoms with Crippen LogP contribution in [0.1, 0.15) is 36.7 Å². The number of aromatic nitrogens is 1. The number of methoxy groups -OCH3 is 1. The standard InChI is InChI=1S/C23H24ClFN2O/c1-14(16-5-8-22(28-4)20(25)11-16)13-27-21-7-6-17(24)12-19(21)18-9-10-26(3)15(2)23(18)27/h5-8,11-13,15H,9-10H2,1-4H3. The van der Waals surface area contributed by atoms with E-state index in [1.807, 2.05) is 19.1 Å². The van der Waals surface area contributed by atoms with Gasteiger partial charge in [-0.2, -0.15) is 0 Å². The molecule has 1 aromatic heterocycles. The third kappa shape index (κ3) is 3.11. The Hall–Kier alpha value is -2.30. The molecule has 0 bridgehead atoms. The van der Waals surface area contributed by atoms with Crippen molar-refractivity contribution in [3.05, 3.63) is 64.1 Å². The highest BCUT2D eigenvalue weighted by Gasteiger charge is 2.27. The molecule has 0 saturated carbocycles. The van der Waals surface area contributed by atoms with Crippen LogP contribution in [0.5, 0.6) is 5.75 Å². The smallest absolute Gasteiger partial charge is 0.165 e. The van der Waals surface area contributed by atoms with Gasteiger partial charge in [0.1, 0.15) is 0 Å². The number of nitrogens with zero attached hydrogens (tertiary/aromatic N) is 2. The van der Waals surface area contributed by atoms with E-state index in [4.69, 9.17) is 16.3 Å². The van der Waals surface area contributed by atoms with Gasteiger partial charge in [0.05, 0.1) is 12.6 Å². The van der Waals surface area contributed by atoms with Crippen LogP contribution in [0.3, 0.4) is 0 Å². The predicted molar refractivity (Wildman–Crippen MR) is 114 cm³/mol. The molecule has 5 heteroatoms. The molecule has 0 spiro atoms. The summed E-state index contributed by atoms with van der Waals surface area (Å²) in [6.45, 7) is 5.25. The van der Waals surface area contributed by atoms with Gasteiger partial charge >= 0.3 is 0 Å². The summed E-state index contributed by atoms with van der Waals surface area (Å²) >= 11 is 6.29. The van der Waals surface area contributed by atoms with Crippen molar-refractivity contribution >= 4 is 34.3 Å². The van der Waals surface area contributed by atoms with E-state index in [9.17, 15) is 4.39 Å². The van der Waals surface area contributed by atoms with Crippen molar-refractivity contribution in [1.82, 2.24) is 9.47 Å². The highest BCUT2D eigenvalue weighted by molar-refractivity contribution is 6.31. The molecule has 4 rings (SSSR count). The number of hydrogen-bond donors (Lipinski definition) is 0. The third-order valence-corrected chi connectivity index (χ3v) is 6.05. The number of halogens is 2. The summed E-state index contributed by atoms with van der Waals surface area (Å²) in [6, 6.07) is 11.4. The lowest BCUT2D eigenvalue weighted by molar-refractivity contribution is 0.242. The van der Waals surface area contributed by atoms with Gasteiger partial charge in [-0.25, -0.2) is 4.39 Å². The van der Waals surface area contributed by atoms with Crippen LogP contribution in [0, 0.1) is 5.82 Å². The summed E-state index contributed by atoms with van der Waals surface area (Å²) in [5, 5.41) is 1.95. The minimum atomic E-state index is -0.355. The SMILES string of the molecule is COc1ccc(C(C)=Cn2c3c(c4cc(Cl)ccc42)CCN(C)C3C)cc1F. The third-order valence-electron chi connectivity index (χ3n) is 5.81. The topological polar surface area (TPSA) is 17.4 Å². The molecule has 0 radical (unpaired) electrons. The molecule has 2 heterocycles. The Morgan fingerprint density at radius 1 is 1.25 bits per heavy atom. The second-order valence-corrected chi connectivity index (χ2v) is 7.90. The molecule has 0 aliphatic carbocycles. The van der Waals surface area contributed by atoms with Gasteiger partial charge in [-0.05, 0) is 74.3 Å². The number of rotatable bonds is 3. The molecule has 28 heavy (non-hydrogen) atoms. The van der Waals surface area contributed by atoms with E-state index in [2.05, 4.69) is 41.8 Å². The molecular formula is C23H24ClFN2O. The van der Waals surface area contributed by atoms with E-state index in [0.717, 1.165) is 34.6 Å². The lowest BCUT2D eigenvalue weighted by Gasteiger charge is -2.31. The molecule has 0 saturated heterocycles. The summed E-state index contributed by atoms with van der Waals surface area (Å²) in [6.07, 6.45) is 3.09. The number of fused-ring (bicyclic) bond motifs is 3. The Labute approximate surface area is 170 Å². The second-order valence-electron chi connectivity index (χ2n) is 7.46. The fraction of sp³-hybridized carbons (Fsp3) is 0.304. The number of ether oxygens (including phenoxy) is 1. The van der Waals surface area contributed by atoms with Crippen molar-refractivity contribution in [2.75, 3.05) is 20.7 Å². The van der Waals surface area contributed by atoms with Gasteiger partial charge in [0.25, 0.3) is 0 Å². The van der Waals surface area contributed by atoms with Crippen LogP contribution in [0.2, 0.25) is 5.02 Å². The average Bonchev–Trinajstić information content (AvgIpc) is 2.98. The molecule has 3 nitrogen and oxygen atoms in total. The minimum absolute atomic E-state index is 0.255. The molecule has 1 aliphatic rings. The van der Waals surface area contributed by atoms with Gasteiger partial charge in [-0.1, -0.05) is 17.7 Å². The van der Waals surface area contributed by atoms with Crippen molar-refractivity contribution in [3.8, 4) is 5.75 Å². The first-order chi connectivity index (χ1) is 13.4. The molecule has 2 aromatic carbocycles. The number of likely N-dealkylation sites (N-methyl/N-ethyl adjacent to an activating group) is 1. The molecule has 1 atom stereocenters. The Balaban J connectivity index is 1.91. The van der Waals surface area contributed by atoms with Crippen LogP contribution in [-0.2, 0) is 6.42 Å². The maximum atomic E-state index is 14.2. The maximum Gasteiger partial charge on any atom is 0.165 e. The van der Waals surface area contributed by atoms with Gasteiger partial charge in [0.15, 0.2) is 11.6 Å². The van der Waals surface area contributed by atoms with Crippen molar-refractivity contribution < 1.29 is 9.13 Å². The number of hydrogen-bond acceptors (Lipinski definition) is 2. The molecule has 1 aliphatic heterocycles. The van der Waals surface area contributed by atoms with Gasteiger partial charge in [-0.3, -0.25) is 4.90 Å². The highest BCUT2D eigenvalue weighted by atomic mass is 35.5. The Bertz CT molecular complexity index is 1090. The van der Waals surface area contributed by atoms with Gasteiger partial charge in [0.2, 0.25) is 0 Å².